The van der Waals surface area contributed by atoms with Crippen molar-refractivity contribution in [2.45, 2.75) is 32.0 Å². The molecule has 1 aromatic heterocycles. The number of carbonyl (C=O) groups is 3. The van der Waals surface area contributed by atoms with Crippen LogP contribution in [-0.4, -0.2) is 41.8 Å². The van der Waals surface area contributed by atoms with Gasteiger partial charge in [-0.3, -0.25) is 9.59 Å². The predicted molar refractivity (Wildman–Crippen MR) is 107 cm³/mol. The van der Waals surface area contributed by atoms with Crippen LogP contribution in [0, 0.1) is 11.8 Å². The smallest absolute Gasteiger partial charge is 0.341 e. The number of carboxylic acids is 1. The van der Waals surface area contributed by atoms with Crippen LogP contribution in [-0.2, 0) is 19.1 Å². The lowest BCUT2D eigenvalue weighted by atomic mass is 9.79. The Bertz CT molecular complexity index is 940. The number of ether oxygens (including phenoxy) is 2. The molecule has 2 N–H and O–H groups in total. The molecule has 0 spiro atoms. The molecule has 0 aliphatic carbocycles. The molecule has 8 heteroatoms. The number of rotatable bonds is 6. The number of aliphatic carboxylic acids is 1. The number of amides is 1. The summed E-state index contributed by atoms with van der Waals surface area (Å²) < 4.78 is 10.8. The fourth-order valence-corrected chi connectivity index (χ4v) is 5.16. The number of benzene rings is 1. The Morgan fingerprint density at radius 3 is 2.52 bits per heavy atom. The Labute approximate surface area is 171 Å². The molecule has 1 aromatic carbocycles. The number of esters is 1. The number of hydrogen-bond acceptors (Lipinski definition) is 6. The van der Waals surface area contributed by atoms with Gasteiger partial charge in [0.15, 0.2) is 0 Å². The minimum absolute atomic E-state index is 0.212. The minimum atomic E-state index is -1.03. The molecule has 2 aliphatic rings. The molecule has 3 heterocycles. The van der Waals surface area contributed by atoms with Gasteiger partial charge in [0.05, 0.1) is 36.2 Å². The summed E-state index contributed by atoms with van der Waals surface area (Å²) in [6, 6.07) is 11.2. The average molecular weight is 415 g/mol. The van der Waals surface area contributed by atoms with Crippen molar-refractivity contribution in [2.75, 3.05) is 11.9 Å². The highest BCUT2D eigenvalue weighted by Gasteiger charge is 2.55. The molecule has 2 bridgehead atoms. The molecular formula is C21H21NO6S. The molecule has 0 unspecified atom stereocenters. The van der Waals surface area contributed by atoms with E-state index in [9.17, 15) is 19.5 Å². The van der Waals surface area contributed by atoms with Crippen molar-refractivity contribution in [1.29, 1.82) is 0 Å². The monoisotopic (exact) mass is 415 g/mol. The molecule has 4 atom stereocenters. The fraction of sp³-hybridized carbons (Fsp3) is 0.381. The third-order valence-electron chi connectivity index (χ3n) is 5.38. The van der Waals surface area contributed by atoms with Crippen LogP contribution in [0.1, 0.15) is 30.1 Å². The van der Waals surface area contributed by atoms with Crippen molar-refractivity contribution in [1.82, 2.24) is 0 Å². The summed E-state index contributed by atoms with van der Waals surface area (Å²) in [4.78, 5) is 37.9. The highest BCUT2D eigenvalue weighted by Crippen LogP contribution is 2.45. The quantitative estimate of drug-likeness (QED) is 0.701. The summed E-state index contributed by atoms with van der Waals surface area (Å²) in [5.74, 6) is -3.63. The SMILES string of the molecule is CCOC(=O)c1cc(-c2ccccc2)sc1NC(=O)[C@@H]1[C@@H](C(=O)O)[C@@H]2CC[C@@H]1O2. The Morgan fingerprint density at radius 2 is 1.86 bits per heavy atom. The predicted octanol–water partition coefficient (Wildman–Crippen LogP) is 3.41. The Balaban J connectivity index is 1.63. The second-order valence-corrected chi connectivity index (χ2v) is 8.16. The number of nitrogens with one attached hydrogen (secondary N) is 1. The maximum Gasteiger partial charge on any atom is 0.341 e. The van der Waals surface area contributed by atoms with Crippen molar-refractivity contribution >= 4 is 34.2 Å². The van der Waals surface area contributed by atoms with Crippen LogP contribution in [0.15, 0.2) is 36.4 Å². The molecule has 0 radical (unpaired) electrons. The Morgan fingerprint density at radius 1 is 1.17 bits per heavy atom. The van der Waals surface area contributed by atoms with Gasteiger partial charge in [0.25, 0.3) is 0 Å². The van der Waals surface area contributed by atoms with E-state index in [0.717, 1.165) is 10.4 Å². The molecular weight excluding hydrogens is 394 g/mol. The normalized spacial score (nSPS) is 25.0. The van der Waals surface area contributed by atoms with Crippen molar-refractivity contribution in [3.63, 3.8) is 0 Å². The van der Waals surface area contributed by atoms with Gasteiger partial charge in [0.1, 0.15) is 5.00 Å². The zero-order chi connectivity index (χ0) is 20.5. The van der Waals surface area contributed by atoms with Gasteiger partial charge in [-0.2, -0.15) is 0 Å². The number of carboxylic acid groups (broad SMARTS) is 1. The first-order valence-corrected chi connectivity index (χ1v) is 10.4. The summed E-state index contributed by atoms with van der Waals surface area (Å²) in [6.07, 6.45) is 0.481. The van der Waals surface area contributed by atoms with E-state index in [4.69, 9.17) is 9.47 Å². The van der Waals surface area contributed by atoms with E-state index in [1.54, 1.807) is 13.0 Å². The van der Waals surface area contributed by atoms with Gasteiger partial charge in [0.2, 0.25) is 5.91 Å². The Hall–Kier alpha value is -2.71. The maximum absolute atomic E-state index is 13.0. The largest absolute Gasteiger partial charge is 0.481 e. The van der Waals surface area contributed by atoms with E-state index in [1.165, 1.54) is 11.3 Å². The summed E-state index contributed by atoms with van der Waals surface area (Å²) >= 11 is 1.26. The third-order valence-corrected chi connectivity index (χ3v) is 6.48. The molecule has 4 rings (SSSR count). The molecule has 2 aliphatic heterocycles. The lowest BCUT2D eigenvalue weighted by Gasteiger charge is -2.23. The van der Waals surface area contributed by atoms with E-state index in [2.05, 4.69) is 5.32 Å². The molecule has 2 aromatic rings. The van der Waals surface area contributed by atoms with E-state index in [1.807, 2.05) is 30.3 Å². The molecule has 2 fully saturated rings. The average Bonchev–Trinajstić information content (AvgIpc) is 3.43. The summed E-state index contributed by atoms with van der Waals surface area (Å²) in [6.45, 7) is 1.93. The van der Waals surface area contributed by atoms with Crippen LogP contribution in [0.4, 0.5) is 5.00 Å². The zero-order valence-electron chi connectivity index (χ0n) is 15.8. The van der Waals surface area contributed by atoms with Crippen molar-refractivity contribution in [2.24, 2.45) is 11.8 Å². The van der Waals surface area contributed by atoms with Crippen molar-refractivity contribution < 1.29 is 29.0 Å². The molecule has 29 heavy (non-hydrogen) atoms. The maximum atomic E-state index is 13.0. The molecule has 152 valence electrons. The minimum Gasteiger partial charge on any atom is -0.481 e. The van der Waals surface area contributed by atoms with E-state index in [-0.39, 0.29) is 12.2 Å². The first-order valence-electron chi connectivity index (χ1n) is 9.55. The van der Waals surface area contributed by atoms with Crippen LogP contribution in [0.25, 0.3) is 10.4 Å². The van der Waals surface area contributed by atoms with E-state index < -0.39 is 41.9 Å². The van der Waals surface area contributed by atoms with Gasteiger partial charge < -0.3 is 19.9 Å². The molecule has 0 saturated carbocycles. The second kappa shape index (κ2) is 7.96. The fourth-order valence-electron chi connectivity index (χ4n) is 4.11. The van der Waals surface area contributed by atoms with Crippen LogP contribution in [0.2, 0.25) is 0 Å². The highest BCUT2D eigenvalue weighted by atomic mass is 32.1. The summed E-state index contributed by atoms with van der Waals surface area (Å²) in [5, 5.41) is 12.7. The van der Waals surface area contributed by atoms with Crippen LogP contribution in [0.5, 0.6) is 0 Å². The lowest BCUT2D eigenvalue weighted by Crippen LogP contribution is -2.41. The molecule has 1 amide bonds. The summed E-state index contributed by atoms with van der Waals surface area (Å²) in [7, 11) is 0. The van der Waals surface area contributed by atoms with Gasteiger partial charge >= 0.3 is 11.9 Å². The Kier molecular flexibility index (Phi) is 5.38. The molecule has 7 nitrogen and oxygen atoms in total. The van der Waals surface area contributed by atoms with Gasteiger partial charge in [-0.1, -0.05) is 30.3 Å². The molecule has 2 saturated heterocycles. The van der Waals surface area contributed by atoms with Gasteiger partial charge in [-0.15, -0.1) is 11.3 Å². The van der Waals surface area contributed by atoms with E-state index >= 15 is 0 Å². The van der Waals surface area contributed by atoms with E-state index in [0.29, 0.717) is 17.8 Å². The highest BCUT2D eigenvalue weighted by molar-refractivity contribution is 7.20. The number of anilines is 1. The van der Waals surface area contributed by atoms with Crippen molar-refractivity contribution in [3.05, 3.63) is 42.0 Å². The first-order chi connectivity index (χ1) is 14.0. The van der Waals surface area contributed by atoms with Gasteiger partial charge in [-0.25, -0.2) is 4.79 Å². The van der Waals surface area contributed by atoms with Gasteiger partial charge in [0, 0.05) is 4.88 Å². The standard InChI is InChI=1S/C21H21NO6S/c1-2-27-21(26)12-10-15(11-6-4-3-5-7-11)29-19(12)22-18(23)16-13-8-9-14(28-13)17(16)20(24)25/h3-7,10,13-14,16-17H,2,8-9H2,1H3,(H,22,23)(H,24,25)/t13-,14-,16-,17-/m0/s1. The van der Waals surface area contributed by atoms with Crippen molar-refractivity contribution in [3.8, 4) is 10.4 Å². The second-order valence-electron chi connectivity index (χ2n) is 7.11. The number of thiophene rings is 1. The number of carbonyl (C=O) groups excluding carboxylic acids is 2. The van der Waals surface area contributed by atoms with Crippen LogP contribution in [0.3, 0.4) is 0 Å². The van der Waals surface area contributed by atoms with Crippen LogP contribution >= 0.6 is 11.3 Å². The zero-order valence-corrected chi connectivity index (χ0v) is 16.6. The van der Waals surface area contributed by atoms with Gasteiger partial charge in [-0.05, 0) is 31.4 Å². The number of fused-ring (bicyclic) bond motifs is 2. The van der Waals surface area contributed by atoms with Crippen LogP contribution < -0.4 is 5.32 Å². The third kappa shape index (κ3) is 3.65. The number of hydrogen-bond donors (Lipinski definition) is 2. The summed E-state index contributed by atoms with van der Waals surface area (Å²) in [5.41, 5.74) is 1.18. The topological polar surface area (TPSA) is 102 Å². The lowest BCUT2D eigenvalue weighted by molar-refractivity contribution is -0.147. The first kappa shape index (κ1) is 19.6.